The van der Waals surface area contributed by atoms with Crippen molar-refractivity contribution in [3.05, 3.63) is 16.6 Å². The van der Waals surface area contributed by atoms with Crippen LogP contribution in [0.4, 0.5) is 0 Å². The second-order valence-electron chi connectivity index (χ2n) is 5.37. The van der Waals surface area contributed by atoms with Crippen LogP contribution in [0.3, 0.4) is 0 Å². The first-order valence-corrected chi connectivity index (χ1v) is 7.31. The molecule has 0 unspecified atom stereocenters. The molecule has 1 aromatic heterocycles. The van der Waals surface area contributed by atoms with E-state index < -0.39 is 0 Å². The summed E-state index contributed by atoms with van der Waals surface area (Å²) in [6.07, 6.45) is 5.23. The third-order valence-electron chi connectivity index (χ3n) is 4.40. The number of thiazole rings is 1. The first kappa shape index (κ1) is 12.1. The lowest BCUT2D eigenvalue weighted by atomic mass is 9.81. The van der Waals surface area contributed by atoms with Crippen LogP contribution in [0.2, 0.25) is 0 Å². The van der Waals surface area contributed by atoms with E-state index in [0.29, 0.717) is 5.92 Å². The molecule has 0 radical (unpaired) electrons. The lowest BCUT2D eigenvalue weighted by Crippen LogP contribution is -2.36. The minimum atomic E-state index is -0.223. The van der Waals surface area contributed by atoms with Gasteiger partial charge in [-0.25, -0.2) is 0 Å². The molecule has 1 aliphatic carbocycles. The number of rotatable bonds is 3. The number of ether oxygens (including phenoxy) is 1. The Hall–Kier alpha value is -0.940. The van der Waals surface area contributed by atoms with Crippen molar-refractivity contribution in [3.8, 4) is 0 Å². The number of methoxy groups -OCH3 is 1. The minimum Gasteiger partial charge on any atom is -0.469 e. The van der Waals surface area contributed by atoms with Crippen LogP contribution in [0.5, 0.6) is 0 Å². The molecule has 98 valence electrons. The monoisotopic (exact) mass is 266 g/mol. The van der Waals surface area contributed by atoms with Crippen LogP contribution in [0.25, 0.3) is 0 Å². The van der Waals surface area contributed by atoms with Crippen molar-refractivity contribution < 1.29 is 9.53 Å². The average Bonchev–Trinajstić information content (AvgIpc) is 3.03. The van der Waals surface area contributed by atoms with Crippen molar-refractivity contribution >= 4 is 17.3 Å². The normalized spacial score (nSPS) is 31.5. The van der Waals surface area contributed by atoms with Crippen molar-refractivity contribution in [1.29, 1.82) is 0 Å². The van der Waals surface area contributed by atoms with Crippen LogP contribution in [0.15, 0.2) is 11.7 Å². The van der Waals surface area contributed by atoms with E-state index in [9.17, 15) is 4.79 Å². The molecular formula is C13H18N2O2S. The van der Waals surface area contributed by atoms with Crippen LogP contribution in [0, 0.1) is 11.3 Å². The van der Waals surface area contributed by atoms with Gasteiger partial charge in [0.25, 0.3) is 0 Å². The summed E-state index contributed by atoms with van der Waals surface area (Å²) in [4.78, 5) is 19.9. The molecule has 2 heterocycles. The molecule has 1 saturated heterocycles. The third kappa shape index (κ3) is 1.86. The van der Waals surface area contributed by atoms with Gasteiger partial charge >= 0.3 is 5.97 Å². The van der Waals surface area contributed by atoms with Gasteiger partial charge < -0.3 is 4.74 Å². The number of nitrogens with zero attached hydrogens (tertiary/aromatic N) is 2. The van der Waals surface area contributed by atoms with Crippen molar-refractivity contribution in [2.75, 3.05) is 20.2 Å². The molecule has 0 amide bonds. The number of hydrogen-bond donors (Lipinski definition) is 0. The molecule has 1 aliphatic heterocycles. The Morgan fingerprint density at radius 3 is 3.33 bits per heavy atom. The molecule has 5 heteroatoms. The third-order valence-corrected chi connectivity index (χ3v) is 5.16. The summed E-state index contributed by atoms with van der Waals surface area (Å²) in [5.41, 5.74) is 1.64. The molecular weight excluding hydrogens is 248 g/mol. The molecule has 2 atom stereocenters. The van der Waals surface area contributed by atoms with E-state index in [1.54, 1.807) is 11.3 Å². The number of fused-ring (bicyclic) bond motifs is 1. The lowest BCUT2D eigenvalue weighted by Gasteiger charge is -2.25. The van der Waals surface area contributed by atoms with E-state index in [1.807, 2.05) is 11.7 Å². The van der Waals surface area contributed by atoms with Crippen LogP contribution < -0.4 is 0 Å². The number of aromatic nitrogens is 1. The molecule has 2 aliphatic rings. The summed E-state index contributed by atoms with van der Waals surface area (Å²) in [6.45, 7) is 2.79. The van der Waals surface area contributed by atoms with Crippen molar-refractivity contribution in [2.24, 2.45) is 11.3 Å². The minimum absolute atomic E-state index is 0.00296. The van der Waals surface area contributed by atoms with Gasteiger partial charge in [-0.05, 0) is 18.8 Å². The number of carbonyl (C=O) groups excluding carboxylic acids is 1. The van der Waals surface area contributed by atoms with Crippen molar-refractivity contribution in [2.45, 2.75) is 25.8 Å². The van der Waals surface area contributed by atoms with Gasteiger partial charge in [0.15, 0.2) is 0 Å². The Kier molecular flexibility index (Phi) is 3.11. The Morgan fingerprint density at radius 2 is 2.61 bits per heavy atom. The summed E-state index contributed by atoms with van der Waals surface area (Å²) in [6, 6.07) is 0. The second kappa shape index (κ2) is 4.63. The van der Waals surface area contributed by atoms with Crippen LogP contribution >= 0.6 is 11.3 Å². The fourth-order valence-electron chi connectivity index (χ4n) is 3.59. The van der Waals surface area contributed by atoms with Gasteiger partial charge in [0.1, 0.15) is 0 Å². The standard InChI is InChI=1S/C13H18N2O2S/c1-17-12(16)13-4-2-3-10(13)6-15(8-13)7-11-5-14-9-18-11/h5,9-10H,2-4,6-8H2,1H3/t10-,13+/m1/s1. The molecule has 1 saturated carbocycles. The van der Waals surface area contributed by atoms with Gasteiger partial charge in [-0.1, -0.05) is 6.42 Å². The van der Waals surface area contributed by atoms with Gasteiger partial charge in [0.05, 0.1) is 18.0 Å². The SMILES string of the molecule is COC(=O)[C@]12CCC[C@@H]1CN(Cc1cncs1)C2. The first-order chi connectivity index (χ1) is 8.74. The second-order valence-corrected chi connectivity index (χ2v) is 6.35. The Balaban J connectivity index is 1.74. The van der Waals surface area contributed by atoms with Gasteiger partial charge in [-0.15, -0.1) is 11.3 Å². The summed E-state index contributed by atoms with van der Waals surface area (Å²) in [7, 11) is 1.51. The predicted octanol–water partition coefficient (Wildman–Crippen LogP) is 1.92. The zero-order valence-electron chi connectivity index (χ0n) is 10.6. The smallest absolute Gasteiger partial charge is 0.313 e. The quantitative estimate of drug-likeness (QED) is 0.784. The predicted molar refractivity (Wildman–Crippen MR) is 69.2 cm³/mol. The topological polar surface area (TPSA) is 42.4 Å². The van der Waals surface area contributed by atoms with E-state index in [4.69, 9.17) is 4.74 Å². The molecule has 0 N–H and O–H groups in total. The molecule has 18 heavy (non-hydrogen) atoms. The molecule has 0 spiro atoms. The zero-order valence-corrected chi connectivity index (χ0v) is 11.4. The maximum Gasteiger partial charge on any atom is 0.313 e. The van der Waals surface area contributed by atoms with E-state index in [-0.39, 0.29) is 11.4 Å². The molecule has 0 bridgehead atoms. The Morgan fingerprint density at radius 1 is 1.72 bits per heavy atom. The van der Waals surface area contributed by atoms with Gasteiger partial charge in [-0.3, -0.25) is 14.7 Å². The van der Waals surface area contributed by atoms with E-state index in [1.165, 1.54) is 12.0 Å². The molecule has 0 aromatic carbocycles. The first-order valence-electron chi connectivity index (χ1n) is 6.43. The van der Waals surface area contributed by atoms with Crippen LogP contribution in [0.1, 0.15) is 24.1 Å². The summed E-state index contributed by atoms with van der Waals surface area (Å²) in [5.74, 6) is 0.481. The van der Waals surface area contributed by atoms with Crippen LogP contribution in [-0.4, -0.2) is 36.1 Å². The maximum atomic E-state index is 12.1. The van der Waals surface area contributed by atoms with Gasteiger partial charge in [-0.2, -0.15) is 0 Å². The van der Waals surface area contributed by atoms with Crippen molar-refractivity contribution in [1.82, 2.24) is 9.88 Å². The molecule has 3 rings (SSSR count). The number of esters is 1. The van der Waals surface area contributed by atoms with Crippen molar-refractivity contribution in [3.63, 3.8) is 0 Å². The lowest BCUT2D eigenvalue weighted by molar-refractivity contribution is -0.153. The fourth-order valence-corrected chi connectivity index (χ4v) is 4.23. The summed E-state index contributed by atoms with van der Waals surface area (Å²) >= 11 is 1.68. The highest BCUT2D eigenvalue weighted by Crippen LogP contribution is 2.49. The Labute approximate surface area is 111 Å². The Bertz CT molecular complexity index is 434. The molecule has 1 aromatic rings. The number of carbonyl (C=O) groups is 1. The maximum absolute atomic E-state index is 12.1. The van der Waals surface area contributed by atoms with E-state index in [0.717, 1.165) is 38.9 Å². The molecule has 4 nitrogen and oxygen atoms in total. The summed E-state index contributed by atoms with van der Waals surface area (Å²) in [5, 5.41) is 0. The van der Waals surface area contributed by atoms with E-state index in [2.05, 4.69) is 9.88 Å². The van der Waals surface area contributed by atoms with Gasteiger partial charge in [0, 0.05) is 30.7 Å². The average molecular weight is 266 g/mol. The number of hydrogen-bond acceptors (Lipinski definition) is 5. The fraction of sp³-hybridized carbons (Fsp3) is 0.692. The summed E-state index contributed by atoms with van der Waals surface area (Å²) < 4.78 is 5.05. The molecule has 2 fully saturated rings. The highest BCUT2D eigenvalue weighted by atomic mass is 32.1. The zero-order chi connectivity index (χ0) is 12.6. The number of likely N-dealkylation sites (tertiary alicyclic amines) is 1. The van der Waals surface area contributed by atoms with Crippen LogP contribution in [-0.2, 0) is 16.1 Å². The van der Waals surface area contributed by atoms with E-state index >= 15 is 0 Å². The highest BCUT2D eigenvalue weighted by molar-refractivity contribution is 7.09. The highest BCUT2D eigenvalue weighted by Gasteiger charge is 2.55. The van der Waals surface area contributed by atoms with Gasteiger partial charge in [0.2, 0.25) is 0 Å². The largest absolute Gasteiger partial charge is 0.469 e.